The zero-order valence-corrected chi connectivity index (χ0v) is 23.1. The van der Waals surface area contributed by atoms with Crippen LogP contribution in [0, 0.1) is 13.8 Å². The number of benzene rings is 1. The molecule has 0 saturated carbocycles. The number of aromatic nitrogens is 4. The highest BCUT2D eigenvalue weighted by Crippen LogP contribution is 2.18. The summed E-state index contributed by atoms with van der Waals surface area (Å²) in [6.07, 6.45) is 2.49. The summed E-state index contributed by atoms with van der Waals surface area (Å²) >= 11 is 0. The number of carbonyl (C=O) groups excluding carboxylic acids is 1. The molecule has 0 unspecified atom stereocenters. The maximum absolute atomic E-state index is 12.7. The molecule has 1 aliphatic rings. The Balaban J connectivity index is 1.25. The highest BCUT2D eigenvalue weighted by Gasteiger charge is 2.21. The minimum absolute atomic E-state index is 0.261. The summed E-state index contributed by atoms with van der Waals surface area (Å²) in [6, 6.07) is 9.05. The van der Waals surface area contributed by atoms with Crippen molar-refractivity contribution in [3.63, 3.8) is 0 Å². The fourth-order valence-corrected chi connectivity index (χ4v) is 4.77. The van der Waals surface area contributed by atoms with E-state index in [1.54, 1.807) is 6.07 Å². The van der Waals surface area contributed by atoms with Gasteiger partial charge in [0.05, 0.1) is 7.11 Å². The second kappa shape index (κ2) is 12.7. The number of H-pyrrole nitrogens is 1. The normalized spacial score (nSPS) is 13.9. The average molecular weight is 536 g/mol. The summed E-state index contributed by atoms with van der Waals surface area (Å²) < 4.78 is 6.05. The van der Waals surface area contributed by atoms with Gasteiger partial charge >= 0.3 is 11.7 Å². The molecule has 0 radical (unpaired) electrons. The van der Waals surface area contributed by atoms with E-state index >= 15 is 0 Å². The molecule has 11 heteroatoms. The van der Waals surface area contributed by atoms with Crippen molar-refractivity contribution < 1.29 is 9.53 Å². The molecule has 3 heterocycles. The van der Waals surface area contributed by atoms with Crippen molar-refractivity contribution in [2.45, 2.75) is 46.6 Å². The summed E-state index contributed by atoms with van der Waals surface area (Å²) in [4.78, 5) is 53.2. The van der Waals surface area contributed by atoms with E-state index in [0.717, 1.165) is 63.4 Å². The van der Waals surface area contributed by atoms with E-state index < -0.39 is 11.7 Å². The van der Waals surface area contributed by atoms with Gasteiger partial charge in [0.15, 0.2) is 5.69 Å². The average Bonchev–Trinajstić information content (AvgIpc) is 2.92. The number of rotatable bonds is 10. The van der Waals surface area contributed by atoms with Crippen LogP contribution in [0.4, 0.5) is 17.5 Å². The van der Waals surface area contributed by atoms with Crippen LogP contribution in [0.3, 0.4) is 0 Å². The van der Waals surface area contributed by atoms with Crippen LogP contribution in [0.15, 0.2) is 39.9 Å². The van der Waals surface area contributed by atoms with Crippen LogP contribution in [0.25, 0.3) is 0 Å². The van der Waals surface area contributed by atoms with Crippen molar-refractivity contribution >= 4 is 23.4 Å². The molecule has 0 bridgehead atoms. The molecule has 0 atom stereocenters. The summed E-state index contributed by atoms with van der Waals surface area (Å²) in [5.41, 5.74) is 3.52. The molecule has 3 aromatic rings. The number of anilines is 3. The molecule has 1 aromatic carbocycles. The van der Waals surface area contributed by atoms with Crippen LogP contribution < -0.4 is 21.5 Å². The number of hydrogen-bond donors (Lipinski definition) is 2. The van der Waals surface area contributed by atoms with Crippen LogP contribution in [0.5, 0.6) is 0 Å². The Labute approximate surface area is 227 Å². The Morgan fingerprint density at radius 2 is 1.77 bits per heavy atom. The first-order valence-corrected chi connectivity index (χ1v) is 13.4. The smallest absolute Gasteiger partial charge is 0.356 e. The van der Waals surface area contributed by atoms with Crippen LogP contribution in [0.1, 0.15) is 47.1 Å². The largest absolute Gasteiger partial charge is 0.464 e. The van der Waals surface area contributed by atoms with Crippen molar-refractivity contribution in [3.05, 3.63) is 73.7 Å². The number of esters is 1. The number of hydrogen-bond acceptors (Lipinski definition) is 9. The minimum Gasteiger partial charge on any atom is -0.464 e. The molecule has 0 aliphatic carbocycles. The monoisotopic (exact) mass is 535 g/mol. The molecular formula is C28H37N7O4. The zero-order chi connectivity index (χ0) is 27.9. The van der Waals surface area contributed by atoms with Crippen molar-refractivity contribution in [3.8, 4) is 0 Å². The van der Waals surface area contributed by atoms with Gasteiger partial charge in [-0.15, -0.1) is 0 Å². The van der Waals surface area contributed by atoms with Crippen LogP contribution in [-0.2, 0) is 17.7 Å². The zero-order valence-electron chi connectivity index (χ0n) is 23.1. The lowest BCUT2D eigenvalue weighted by molar-refractivity contribution is 0.0593. The van der Waals surface area contributed by atoms with E-state index in [2.05, 4.69) is 43.9 Å². The summed E-state index contributed by atoms with van der Waals surface area (Å²) in [5.74, 6) is 0.460. The first kappa shape index (κ1) is 28.0. The molecule has 0 amide bonds. The number of carbonyl (C=O) groups is 1. The van der Waals surface area contributed by atoms with Crippen molar-refractivity contribution in [2.24, 2.45) is 0 Å². The highest BCUT2D eigenvalue weighted by atomic mass is 16.5. The quantitative estimate of drug-likeness (QED) is 0.298. The third kappa shape index (κ3) is 7.11. The van der Waals surface area contributed by atoms with Gasteiger partial charge in [0.25, 0.3) is 5.56 Å². The number of piperazine rings is 1. The molecule has 1 saturated heterocycles. The Morgan fingerprint density at radius 3 is 2.46 bits per heavy atom. The van der Waals surface area contributed by atoms with Gasteiger partial charge in [0.1, 0.15) is 5.82 Å². The van der Waals surface area contributed by atoms with Crippen molar-refractivity contribution in [1.82, 2.24) is 24.4 Å². The molecule has 1 aliphatic heterocycles. The van der Waals surface area contributed by atoms with Crippen molar-refractivity contribution in [1.29, 1.82) is 0 Å². The summed E-state index contributed by atoms with van der Waals surface area (Å²) in [7, 11) is 1.34. The third-order valence-corrected chi connectivity index (χ3v) is 7.03. The second-order valence-electron chi connectivity index (χ2n) is 9.82. The molecule has 0 spiro atoms. The van der Waals surface area contributed by atoms with E-state index in [9.17, 15) is 14.4 Å². The predicted molar refractivity (Wildman–Crippen MR) is 151 cm³/mol. The molecule has 2 N–H and O–H groups in total. The molecule has 2 aromatic heterocycles. The maximum atomic E-state index is 12.7. The second-order valence-corrected chi connectivity index (χ2v) is 9.82. The molecule has 1 fully saturated rings. The number of aromatic amines is 1. The Bertz CT molecular complexity index is 1390. The highest BCUT2D eigenvalue weighted by molar-refractivity contribution is 5.87. The standard InChI is InChI=1S/C28H37N7O4/c1-5-21-17-22(9-8-19(21)2)30-24-18-25(36)35(28(38)32-24)11-7-6-10-33-12-14-34(15-13-33)27-29-20(3)16-23(31-27)26(37)39-4/h8-9,16-18,30H,5-7,10-15H2,1-4H3,(H,32,38). The topological polar surface area (TPSA) is 125 Å². The van der Waals surface area contributed by atoms with Gasteiger partial charge in [-0.05, 0) is 69.0 Å². The Hall–Kier alpha value is -3.99. The minimum atomic E-state index is -0.471. The molecule has 4 rings (SSSR count). The van der Waals surface area contributed by atoms with Crippen LogP contribution in [0.2, 0.25) is 0 Å². The van der Waals surface area contributed by atoms with E-state index in [1.165, 1.54) is 28.9 Å². The fourth-order valence-electron chi connectivity index (χ4n) is 4.77. The summed E-state index contributed by atoms with van der Waals surface area (Å²) in [6.45, 7) is 10.4. The fraction of sp³-hybridized carbons (Fsp3) is 0.464. The van der Waals surface area contributed by atoms with E-state index in [0.29, 0.717) is 18.3 Å². The first-order chi connectivity index (χ1) is 18.8. The van der Waals surface area contributed by atoms with Crippen LogP contribution >= 0.6 is 0 Å². The predicted octanol–water partition coefficient (Wildman–Crippen LogP) is 2.64. The first-order valence-electron chi connectivity index (χ1n) is 13.4. The number of aryl methyl sites for hydroxylation is 3. The van der Waals surface area contributed by atoms with Gasteiger partial charge in [-0.1, -0.05) is 13.0 Å². The number of unbranched alkanes of at least 4 members (excludes halogenated alkanes) is 1. The number of methoxy groups -OCH3 is 1. The SMILES string of the molecule is CCc1cc(Nc2cc(=O)n(CCCCN3CCN(c4nc(C)cc(C(=O)OC)n4)CC3)c(=O)[nH]2)ccc1C. The Morgan fingerprint density at radius 1 is 1.03 bits per heavy atom. The number of nitrogens with zero attached hydrogens (tertiary/aromatic N) is 5. The lowest BCUT2D eigenvalue weighted by Crippen LogP contribution is -2.47. The maximum Gasteiger partial charge on any atom is 0.356 e. The lowest BCUT2D eigenvalue weighted by atomic mass is 10.1. The summed E-state index contributed by atoms with van der Waals surface area (Å²) in [5, 5.41) is 3.14. The van der Waals surface area contributed by atoms with Crippen molar-refractivity contribution in [2.75, 3.05) is 50.1 Å². The van der Waals surface area contributed by atoms with Crippen LogP contribution in [-0.4, -0.2) is 70.2 Å². The van der Waals surface area contributed by atoms with Gasteiger partial charge < -0.3 is 15.0 Å². The Kier molecular flexibility index (Phi) is 9.13. The third-order valence-electron chi connectivity index (χ3n) is 7.03. The van der Waals surface area contributed by atoms with Gasteiger partial charge in [-0.25, -0.2) is 19.6 Å². The molecular weight excluding hydrogens is 498 g/mol. The van der Waals surface area contributed by atoms with Gasteiger partial charge in [0, 0.05) is 50.2 Å². The molecule has 208 valence electrons. The van der Waals surface area contributed by atoms with E-state index in [4.69, 9.17) is 4.74 Å². The number of ether oxygens (including phenoxy) is 1. The molecule has 39 heavy (non-hydrogen) atoms. The number of nitrogens with one attached hydrogen (secondary N) is 2. The lowest BCUT2D eigenvalue weighted by Gasteiger charge is -2.34. The molecule has 11 nitrogen and oxygen atoms in total. The van der Waals surface area contributed by atoms with E-state index in [-0.39, 0.29) is 11.3 Å². The van der Waals surface area contributed by atoms with Gasteiger partial charge in [-0.3, -0.25) is 19.2 Å². The van der Waals surface area contributed by atoms with Gasteiger partial charge in [-0.2, -0.15) is 0 Å². The van der Waals surface area contributed by atoms with E-state index in [1.807, 2.05) is 25.1 Å². The van der Waals surface area contributed by atoms with Gasteiger partial charge in [0.2, 0.25) is 5.95 Å².